The normalized spacial score (nSPS) is 48.0. The van der Waals surface area contributed by atoms with E-state index in [1.807, 2.05) is 24.3 Å². The first-order valence-electron chi connectivity index (χ1n) is 14.8. The van der Waals surface area contributed by atoms with Crippen LogP contribution in [0, 0.1) is 11.3 Å². The average molecular weight is 546 g/mol. The fourth-order valence-electron chi connectivity index (χ4n) is 9.74. The summed E-state index contributed by atoms with van der Waals surface area (Å²) in [5.74, 6) is -0.121. The fourth-order valence-corrected chi connectivity index (χ4v) is 9.74. The van der Waals surface area contributed by atoms with Crippen LogP contribution in [0.15, 0.2) is 60.0 Å². The maximum atomic E-state index is 12.5. The number of nitrogens with zero attached hydrogens (tertiary/aromatic N) is 2. The van der Waals surface area contributed by atoms with E-state index in [-0.39, 0.29) is 18.0 Å². The molecule has 4 fully saturated rings. The quantitative estimate of drug-likeness (QED) is 0.387. The number of allylic oxidation sites excluding steroid dienone is 1. The number of likely N-dealkylation sites (tertiary alicyclic amines) is 1. The highest BCUT2D eigenvalue weighted by molar-refractivity contribution is 5.82. The van der Waals surface area contributed by atoms with Crippen LogP contribution >= 0.6 is 0 Å². The van der Waals surface area contributed by atoms with Crippen LogP contribution in [0.5, 0.6) is 0 Å². The lowest BCUT2D eigenvalue weighted by molar-refractivity contribution is -0.187. The van der Waals surface area contributed by atoms with Gasteiger partial charge in [-0.15, -0.1) is 0 Å². The fraction of sp³-hybridized carbons (Fsp3) is 0.594. The largest absolute Gasteiger partial charge is 0.390 e. The second kappa shape index (κ2) is 8.22. The Balaban J connectivity index is 1.20. The van der Waals surface area contributed by atoms with Gasteiger partial charge in [-0.25, -0.2) is 0 Å². The minimum atomic E-state index is -1.46. The number of aromatic nitrogens is 1. The molecular weight excluding hydrogens is 506 g/mol. The van der Waals surface area contributed by atoms with Crippen molar-refractivity contribution < 1.29 is 25.2 Å². The number of nitrogens with two attached hydrogens (primary N) is 1. The molecule has 2 spiro atoms. The summed E-state index contributed by atoms with van der Waals surface area (Å²) in [5.41, 5.74) is 5.25. The first-order valence-corrected chi connectivity index (χ1v) is 14.8. The predicted octanol–water partition coefficient (Wildman–Crippen LogP) is 1.89. The minimum Gasteiger partial charge on any atom is -0.390 e. The third-order valence-electron chi connectivity index (χ3n) is 11.9. The van der Waals surface area contributed by atoms with Crippen molar-refractivity contribution in [2.45, 2.75) is 92.6 Å². The second-order valence-corrected chi connectivity index (χ2v) is 13.6. The van der Waals surface area contributed by atoms with E-state index in [1.54, 1.807) is 12.4 Å². The van der Waals surface area contributed by atoms with Gasteiger partial charge in [0.15, 0.2) is 0 Å². The van der Waals surface area contributed by atoms with E-state index in [4.69, 9.17) is 10.5 Å². The minimum absolute atomic E-state index is 0.0816. The molecule has 2 aromatic rings. The van der Waals surface area contributed by atoms with Gasteiger partial charge in [0.1, 0.15) is 11.7 Å². The van der Waals surface area contributed by atoms with E-state index in [9.17, 15) is 20.4 Å². The van der Waals surface area contributed by atoms with Gasteiger partial charge in [-0.05, 0) is 72.8 Å². The zero-order valence-electron chi connectivity index (χ0n) is 22.9. The molecule has 2 saturated heterocycles. The lowest BCUT2D eigenvalue weighted by Crippen LogP contribution is -2.63. The number of benzene rings is 1. The van der Waals surface area contributed by atoms with Gasteiger partial charge in [0.25, 0.3) is 0 Å². The van der Waals surface area contributed by atoms with Gasteiger partial charge in [-0.1, -0.05) is 31.2 Å². The molecule has 8 rings (SSSR count). The molecule has 1 aromatic heterocycles. The molecular formula is C32H39N3O5. The smallest absolute Gasteiger partial charge is 0.121 e. The van der Waals surface area contributed by atoms with Crippen molar-refractivity contribution in [3.8, 4) is 0 Å². The summed E-state index contributed by atoms with van der Waals surface area (Å²) in [5, 5.41) is 48.8. The lowest BCUT2D eigenvalue weighted by Gasteiger charge is -2.57. The van der Waals surface area contributed by atoms with Gasteiger partial charge >= 0.3 is 0 Å². The van der Waals surface area contributed by atoms with Crippen LogP contribution in [0.2, 0.25) is 0 Å². The van der Waals surface area contributed by atoms with Gasteiger partial charge in [-0.3, -0.25) is 9.88 Å². The number of aliphatic hydroxyl groups excluding tert-OH is 3. The molecule has 0 amide bonds. The highest BCUT2D eigenvalue weighted by atomic mass is 16.5. The van der Waals surface area contributed by atoms with Crippen molar-refractivity contribution in [3.05, 3.63) is 65.5 Å². The Morgan fingerprint density at radius 2 is 1.98 bits per heavy atom. The molecule has 10 atom stereocenters. The van der Waals surface area contributed by atoms with E-state index in [0.717, 1.165) is 47.7 Å². The van der Waals surface area contributed by atoms with Crippen molar-refractivity contribution in [1.29, 1.82) is 0 Å². The molecule has 3 aliphatic heterocycles. The first kappa shape index (κ1) is 25.5. The molecule has 1 unspecified atom stereocenters. The zero-order valence-corrected chi connectivity index (χ0v) is 22.9. The number of hydrogen-bond donors (Lipinski definition) is 5. The Hall–Kier alpha value is -2.17. The van der Waals surface area contributed by atoms with E-state index in [2.05, 4.69) is 29.0 Å². The van der Waals surface area contributed by atoms with E-state index in [0.29, 0.717) is 31.4 Å². The van der Waals surface area contributed by atoms with Crippen LogP contribution < -0.4 is 5.73 Å². The number of fused-ring (bicyclic) bond motifs is 2. The third-order valence-corrected chi connectivity index (χ3v) is 11.9. The van der Waals surface area contributed by atoms with Crippen LogP contribution in [0.1, 0.15) is 51.0 Å². The van der Waals surface area contributed by atoms with E-state index >= 15 is 0 Å². The SMILES string of the molecule is C[C@]12CC=C3C=C4[C@@H](O)[C@@H](O)[C@@H](N5CC[C@@H](N)C5)C[C@]45CCC3(O5)[C@@H]1C[C@@H](O)[C@]2(O)c1ccc2ccncc2c1. The Morgan fingerprint density at radius 3 is 2.77 bits per heavy atom. The topological polar surface area (TPSA) is 132 Å². The summed E-state index contributed by atoms with van der Waals surface area (Å²) >= 11 is 0. The maximum absolute atomic E-state index is 12.5. The van der Waals surface area contributed by atoms with Crippen LogP contribution in [-0.2, 0) is 10.3 Å². The Bertz CT molecular complexity index is 1460. The van der Waals surface area contributed by atoms with Crippen LogP contribution in [-0.4, -0.2) is 85.0 Å². The summed E-state index contributed by atoms with van der Waals surface area (Å²) < 4.78 is 7.24. The van der Waals surface area contributed by atoms with Gasteiger partial charge in [-0.2, -0.15) is 0 Å². The molecule has 1 aromatic carbocycles. The van der Waals surface area contributed by atoms with Crippen molar-refractivity contribution in [3.63, 3.8) is 0 Å². The molecule has 0 radical (unpaired) electrons. The highest BCUT2D eigenvalue weighted by Gasteiger charge is 2.73. The summed E-state index contributed by atoms with van der Waals surface area (Å²) in [7, 11) is 0. The Morgan fingerprint density at radius 1 is 1.12 bits per heavy atom. The lowest BCUT2D eigenvalue weighted by atomic mass is 9.56. The molecule has 40 heavy (non-hydrogen) atoms. The number of pyridine rings is 1. The summed E-state index contributed by atoms with van der Waals surface area (Å²) in [6.07, 6.45) is 8.90. The Labute approximate surface area is 234 Å². The number of ether oxygens (including phenoxy) is 1. The molecule has 8 heteroatoms. The number of aliphatic hydroxyl groups is 4. The van der Waals surface area contributed by atoms with Crippen molar-refractivity contribution in [2.75, 3.05) is 13.1 Å². The molecule has 6 aliphatic rings. The average Bonchev–Trinajstić information content (AvgIpc) is 3.59. The standard InChI is InChI=1S/C32H39N3O5/c1-29-7-4-20-13-23-27(37)28(38)24(35-11-6-22(33)17-35)15-30(23)8-9-31(20,40-30)25(29)14-26(36)32(29,39)21-3-2-18-5-10-34-16-19(18)12-21/h2-5,10,12-13,16,22,24-28,36-39H,6-9,11,14-15,17,33H2,1H3/t22-,24+,25-,26-,27-,28+,29+,30-,31?,32-/m1/s1. The molecule has 2 bridgehead atoms. The number of rotatable bonds is 2. The monoisotopic (exact) mass is 545 g/mol. The highest BCUT2D eigenvalue weighted by Crippen LogP contribution is 2.70. The zero-order chi connectivity index (χ0) is 27.7. The predicted molar refractivity (Wildman–Crippen MR) is 149 cm³/mol. The maximum Gasteiger partial charge on any atom is 0.121 e. The summed E-state index contributed by atoms with van der Waals surface area (Å²) in [4.78, 5) is 6.49. The molecule has 4 heterocycles. The van der Waals surface area contributed by atoms with Gasteiger partial charge < -0.3 is 30.9 Å². The van der Waals surface area contributed by atoms with E-state index in [1.165, 1.54) is 0 Å². The Kier molecular flexibility index (Phi) is 5.25. The third kappa shape index (κ3) is 3.03. The summed E-state index contributed by atoms with van der Waals surface area (Å²) in [6, 6.07) is 7.70. The van der Waals surface area contributed by atoms with Crippen molar-refractivity contribution in [2.24, 2.45) is 17.1 Å². The first-order chi connectivity index (χ1) is 19.1. The van der Waals surface area contributed by atoms with E-state index < -0.39 is 40.5 Å². The second-order valence-electron chi connectivity index (χ2n) is 13.6. The molecule has 2 saturated carbocycles. The number of hydrogen-bond acceptors (Lipinski definition) is 8. The van der Waals surface area contributed by atoms with Crippen LogP contribution in [0.4, 0.5) is 0 Å². The van der Waals surface area contributed by atoms with Crippen LogP contribution in [0.25, 0.3) is 10.8 Å². The molecule has 8 nitrogen and oxygen atoms in total. The van der Waals surface area contributed by atoms with Gasteiger partial charge in [0.05, 0.1) is 23.4 Å². The van der Waals surface area contributed by atoms with Crippen molar-refractivity contribution >= 4 is 10.8 Å². The van der Waals surface area contributed by atoms with Gasteiger partial charge in [0.2, 0.25) is 0 Å². The van der Waals surface area contributed by atoms with Crippen molar-refractivity contribution in [1.82, 2.24) is 9.88 Å². The summed E-state index contributed by atoms with van der Waals surface area (Å²) in [6.45, 7) is 3.62. The van der Waals surface area contributed by atoms with Crippen LogP contribution in [0.3, 0.4) is 0 Å². The van der Waals surface area contributed by atoms with Gasteiger partial charge in [0, 0.05) is 54.3 Å². The molecule has 3 aliphatic carbocycles. The molecule has 6 N–H and O–H groups in total. The molecule has 212 valence electrons.